The summed E-state index contributed by atoms with van der Waals surface area (Å²) in [6.07, 6.45) is 8.58. The number of carbonyl (C=O) groups excluding carboxylic acids is 1. The van der Waals surface area contributed by atoms with Crippen LogP contribution in [-0.4, -0.2) is 38.9 Å². The van der Waals surface area contributed by atoms with Gasteiger partial charge in [0.05, 0.1) is 11.8 Å². The van der Waals surface area contributed by atoms with Gasteiger partial charge in [0.15, 0.2) is 0 Å². The Balaban J connectivity index is 2.37. The van der Waals surface area contributed by atoms with E-state index in [4.69, 9.17) is 5.73 Å². The molecule has 0 spiro atoms. The van der Waals surface area contributed by atoms with Gasteiger partial charge in [-0.3, -0.25) is 4.79 Å². The first-order valence-electron chi connectivity index (χ1n) is 7.43. The average Bonchev–Trinajstić information content (AvgIpc) is 2.57. The smallest absolute Gasteiger partial charge is 0.236 e. The second-order valence-electron chi connectivity index (χ2n) is 6.47. The molecular weight excluding hydrogens is 276 g/mol. The molecule has 1 unspecified atom stereocenters. The van der Waals surface area contributed by atoms with Gasteiger partial charge in [-0.05, 0) is 24.7 Å². The van der Waals surface area contributed by atoms with E-state index in [1.807, 2.05) is 0 Å². The van der Waals surface area contributed by atoms with Gasteiger partial charge in [-0.1, -0.05) is 32.6 Å². The summed E-state index contributed by atoms with van der Waals surface area (Å²) in [5, 5.41) is 2.90. The Bertz CT molecular complexity index is 412. The highest BCUT2D eigenvalue weighted by atomic mass is 32.2. The molecule has 0 radical (unpaired) electrons. The molecule has 0 heterocycles. The lowest BCUT2D eigenvalue weighted by atomic mass is 9.82. The molecule has 0 saturated heterocycles. The summed E-state index contributed by atoms with van der Waals surface area (Å²) in [6, 6.07) is -0.737. The van der Waals surface area contributed by atoms with Crippen molar-refractivity contribution in [1.29, 1.82) is 0 Å². The highest BCUT2D eigenvalue weighted by Crippen LogP contribution is 2.33. The Morgan fingerprint density at radius 1 is 1.25 bits per heavy atom. The zero-order chi connectivity index (χ0) is 15.2. The Morgan fingerprint density at radius 2 is 1.80 bits per heavy atom. The van der Waals surface area contributed by atoms with Crippen molar-refractivity contribution in [2.45, 2.75) is 57.9 Å². The van der Waals surface area contributed by atoms with Gasteiger partial charge in [0, 0.05) is 12.8 Å². The first-order chi connectivity index (χ1) is 9.22. The predicted molar refractivity (Wildman–Crippen MR) is 81.1 cm³/mol. The second kappa shape index (κ2) is 7.41. The van der Waals surface area contributed by atoms with Crippen LogP contribution in [0.3, 0.4) is 0 Å². The number of nitrogens with one attached hydrogen (secondary N) is 1. The third-order valence-corrected chi connectivity index (χ3v) is 5.11. The highest BCUT2D eigenvalue weighted by molar-refractivity contribution is 7.90. The van der Waals surface area contributed by atoms with Crippen LogP contribution in [0.25, 0.3) is 0 Å². The number of amides is 1. The van der Waals surface area contributed by atoms with Gasteiger partial charge in [0.2, 0.25) is 5.91 Å². The number of hydrogen-bond acceptors (Lipinski definition) is 4. The topological polar surface area (TPSA) is 89.3 Å². The van der Waals surface area contributed by atoms with E-state index in [0.717, 1.165) is 19.1 Å². The highest BCUT2D eigenvalue weighted by Gasteiger charge is 2.27. The Morgan fingerprint density at radius 3 is 2.30 bits per heavy atom. The van der Waals surface area contributed by atoms with Crippen molar-refractivity contribution in [2.24, 2.45) is 11.1 Å². The maximum Gasteiger partial charge on any atom is 0.236 e. The summed E-state index contributed by atoms with van der Waals surface area (Å²) in [5.74, 6) is -0.280. The molecule has 1 saturated carbocycles. The minimum absolute atomic E-state index is 0.0428. The molecule has 1 fully saturated rings. The molecule has 1 aliphatic rings. The molecule has 0 aromatic carbocycles. The molecule has 1 amide bonds. The molecule has 118 valence electrons. The number of sulfone groups is 1. The average molecular weight is 304 g/mol. The van der Waals surface area contributed by atoms with E-state index >= 15 is 0 Å². The van der Waals surface area contributed by atoms with Gasteiger partial charge in [-0.2, -0.15) is 0 Å². The molecular formula is C14H28N2O3S. The third-order valence-electron chi connectivity index (χ3n) is 4.14. The van der Waals surface area contributed by atoms with E-state index in [9.17, 15) is 13.2 Å². The monoisotopic (exact) mass is 304 g/mol. The largest absolute Gasteiger partial charge is 0.354 e. The lowest BCUT2D eigenvalue weighted by Crippen LogP contribution is -2.45. The standard InChI is InChI=1S/C14H28N2O3S/c1-14(8-5-3-4-6-9-14)11-16-13(17)12(15)7-10-20(2,18)19/h12H,3-11,15H2,1-2H3,(H,16,17). The predicted octanol–water partition coefficient (Wildman–Crippen LogP) is 1.23. The minimum Gasteiger partial charge on any atom is -0.354 e. The van der Waals surface area contributed by atoms with E-state index in [0.29, 0.717) is 6.54 Å². The SMILES string of the molecule is CC1(CNC(=O)C(N)CCS(C)(=O)=O)CCCCCC1. The molecule has 1 rings (SSSR count). The van der Waals surface area contributed by atoms with Crippen molar-refractivity contribution in [3.63, 3.8) is 0 Å². The van der Waals surface area contributed by atoms with Gasteiger partial charge < -0.3 is 11.1 Å². The van der Waals surface area contributed by atoms with Crippen molar-refractivity contribution in [2.75, 3.05) is 18.6 Å². The van der Waals surface area contributed by atoms with Crippen LogP contribution in [0.15, 0.2) is 0 Å². The summed E-state index contributed by atoms with van der Waals surface area (Å²) < 4.78 is 22.1. The fraction of sp³-hybridized carbons (Fsp3) is 0.929. The maximum atomic E-state index is 11.9. The lowest BCUT2D eigenvalue weighted by molar-refractivity contribution is -0.122. The van der Waals surface area contributed by atoms with Gasteiger partial charge in [-0.15, -0.1) is 0 Å². The van der Waals surface area contributed by atoms with E-state index in [-0.39, 0.29) is 23.5 Å². The molecule has 0 aliphatic heterocycles. The molecule has 6 heteroatoms. The van der Waals surface area contributed by atoms with Crippen molar-refractivity contribution in [3.05, 3.63) is 0 Å². The van der Waals surface area contributed by atoms with Crippen LogP contribution in [0.5, 0.6) is 0 Å². The van der Waals surface area contributed by atoms with Crippen molar-refractivity contribution in [3.8, 4) is 0 Å². The fourth-order valence-electron chi connectivity index (χ4n) is 2.66. The van der Waals surface area contributed by atoms with Gasteiger partial charge >= 0.3 is 0 Å². The summed E-state index contributed by atoms with van der Waals surface area (Å²) in [4.78, 5) is 11.9. The van der Waals surface area contributed by atoms with Gasteiger partial charge in [0.25, 0.3) is 0 Å². The normalized spacial score (nSPS) is 20.9. The number of nitrogens with two attached hydrogens (primary N) is 1. The number of hydrogen-bond donors (Lipinski definition) is 2. The molecule has 3 N–H and O–H groups in total. The summed E-state index contributed by atoms with van der Waals surface area (Å²) >= 11 is 0. The fourth-order valence-corrected chi connectivity index (χ4v) is 3.34. The zero-order valence-corrected chi connectivity index (χ0v) is 13.5. The van der Waals surface area contributed by atoms with Crippen LogP contribution >= 0.6 is 0 Å². The molecule has 1 atom stereocenters. The first-order valence-corrected chi connectivity index (χ1v) is 9.49. The Hall–Kier alpha value is -0.620. The van der Waals surface area contributed by atoms with Crippen LogP contribution < -0.4 is 11.1 Å². The number of carbonyl (C=O) groups is 1. The molecule has 0 bridgehead atoms. The quantitative estimate of drug-likeness (QED) is 0.722. The van der Waals surface area contributed by atoms with Gasteiger partial charge in [-0.25, -0.2) is 8.42 Å². The zero-order valence-electron chi connectivity index (χ0n) is 12.7. The molecule has 0 aromatic rings. The first kappa shape index (κ1) is 17.4. The van der Waals surface area contributed by atoms with Crippen molar-refractivity contribution < 1.29 is 13.2 Å². The molecule has 5 nitrogen and oxygen atoms in total. The Labute approximate surface area is 122 Å². The van der Waals surface area contributed by atoms with E-state index in [1.165, 1.54) is 25.7 Å². The molecule has 0 aromatic heterocycles. The molecule has 1 aliphatic carbocycles. The molecule has 20 heavy (non-hydrogen) atoms. The van der Waals surface area contributed by atoms with Crippen molar-refractivity contribution >= 4 is 15.7 Å². The van der Waals surface area contributed by atoms with E-state index in [2.05, 4.69) is 12.2 Å². The maximum absolute atomic E-state index is 11.9. The van der Waals surface area contributed by atoms with Crippen LogP contribution in [0.2, 0.25) is 0 Å². The number of rotatable bonds is 6. The summed E-state index contributed by atoms with van der Waals surface area (Å²) in [5.41, 5.74) is 5.89. The van der Waals surface area contributed by atoms with E-state index < -0.39 is 15.9 Å². The summed E-state index contributed by atoms with van der Waals surface area (Å²) in [7, 11) is -3.07. The van der Waals surface area contributed by atoms with Crippen molar-refractivity contribution in [1.82, 2.24) is 5.32 Å². The van der Waals surface area contributed by atoms with Crippen LogP contribution in [0.4, 0.5) is 0 Å². The third kappa shape index (κ3) is 6.70. The Kier molecular flexibility index (Phi) is 6.45. The minimum atomic E-state index is -3.07. The van der Waals surface area contributed by atoms with Crippen LogP contribution in [0, 0.1) is 5.41 Å². The van der Waals surface area contributed by atoms with Crippen LogP contribution in [0.1, 0.15) is 51.9 Å². The second-order valence-corrected chi connectivity index (χ2v) is 8.73. The van der Waals surface area contributed by atoms with Crippen LogP contribution in [-0.2, 0) is 14.6 Å². The van der Waals surface area contributed by atoms with Gasteiger partial charge in [0.1, 0.15) is 9.84 Å². The summed E-state index contributed by atoms with van der Waals surface area (Å²) in [6.45, 7) is 2.85. The van der Waals surface area contributed by atoms with E-state index in [1.54, 1.807) is 0 Å². The lowest BCUT2D eigenvalue weighted by Gasteiger charge is -2.29.